The van der Waals surface area contributed by atoms with E-state index in [9.17, 15) is 19.5 Å². The van der Waals surface area contributed by atoms with Crippen LogP contribution in [0.1, 0.15) is 86.4 Å². The number of nitrogens with one attached hydrogen (secondary N) is 2. The molecule has 1 amide bonds. The summed E-state index contributed by atoms with van der Waals surface area (Å²) in [5.41, 5.74) is -0.498. The lowest BCUT2D eigenvalue weighted by Gasteiger charge is -2.40. The van der Waals surface area contributed by atoms with Crippen LogP contribution in [0, 0.1) is 5.92 Å². The van der Waals surface area contributed by atoms with Gasteiger partial charge in [0.05, 0.1) is 8.07 Å². The van der Waals surface area contributed by atoms with E-state index in [1.165, 1.54) is 25.8 Å². The maximum Gasteiger partial charge on any atom is 0.223 e. The Morgan fingerprint density at radius 2 is 1.60 bits per heavy atom. The van der Waals surface area contributed by atoms with Crippen molar-refractivity contribution < 1.29 is 19.5 Å². The Hall–Kier alpha value is -1.83. The molecule has 6 nitrogen and oxygen atoms in total. The first-order chi connectivity index (χ1) is 16.3. The molecule has 0 spiro atoms. The van der Waals surface area contributed by atoms with Crippen molar-refractivity contribution in [1.29, 1.82) is 0 Å². The molecule has 1 fully saturated rings. The van der Waals surface area contributed by atoms with Gasteiger partial charge < -0.3 is 15.7 Å². The van der Waals surface area contributed by atoms with Crippen molar-refractivity contribution in [3.05, 3.63) is 35.4 Å². The first kappa shape index (κ1) is 29.4. The minimum Gasteiger partial charge on any atom is -0.382 e. The normalized spacial score (nSPS) is 20.9. The summed E-state index contributed by atoms with van der Waals surface area (Å²) in [6, 6.07) is 7.61. The number of aliphatic hydroxyl groups is 1. The molecule has 1 aromatic carbocycles. The quantitative estimate of drug-likeness (QED) is 0.201. The van der Waals surface area contributed by atoms with Crippen LogP contribution in [-0.4, -0.2) is 56.4 Å². The monoisotopic (exact) mass is 502 g/mol. The van der Waals surface area contributed by atoms with E-state index in [-0.39, 0.29) is 36.2 Å². The van der Waals surface area contributed by atoms with Crippen molar-refractivity contribution in [3.63, 3.8) is 0 Å². The molecule has 0 aliphatic heterocycles. The van der Waals surface area contributed by atoms with Crippen LogP contribution in [0.5, 0.6) is 0 Å². The lowest BCUT2D eigenvalue weighted by atomic mass is 9.75. The molecule has 1 aliphatic rings. The van der Waals surface area contributed by atoms with Gasteiger partial charge in [0.1, 0.15) is 5.60 Å². The van der Waals surface area contributed by atoms with Gasteiger partial charge in [-0.2, -0.15) is 0 Å². The number of hydrogen-bond donors (Lipinski definition) is 3. The van der Waals surface area contributed by atoms with Crippen LogP contribution in [0.15, 0.2) is 24.3 Å². The molecule has 1 aromatic rings. The number of carbonyl (C=O) groups excluding carboxylic acids is 3. The van der Waals surface area contributed by atoms with Crippen LogP contribution in [0.2, 0.25) is 24.2 Å². The van der Waals surface area contributed by atoms with Crippen molar-refractivity contribution in [2.75, 3.05) is 20.1 Å². The summed E-state index contributed by atoms with van der Waals surface area (Å²) in [5, 5.41) is 17.7. The molecule has 0 radical (unpaired) electrons. The van der Waals surface area contributed by atoms with E-state index in [2.05, 4.69) is 37.6 Å². The Bertz CT molecular complexity index is 871. The molecule has 35 heavy (non-hydrogen) atoms. The number of hydrogen-bond acceptors (Lipinski definition) is 5. The minimum absolute atomic E-state index is 0.0399. The van der Waals surface area contributed by atoms with E-state index in [0.717, 1.165) is 13.0 Å². The average Bonchev–Trinajstić information content (AvgIpc) is 2.81. The van der Waals surface area contributed by atoms with Gasteiger partial charge in [0.15, 0.2) is 11.6 Å². The van der Waals surface area contributed by atoms with E-state index in [4.69, 9.17) is 0 Å². The topological polar surface area (TPSA) is 95.5 Å². The molecule has 0 aromatic heterocycles. The SMILES string of the molecule is CNCCCC(C)(C)[Si](C)(C)CCCNC(=O)C1CCC(O)(C(=O)c2ccc(C(C)=O)cc2)CC1. The molecule has 3 N–H and O–H groups in total. The fraction of sp³-hybridized carbons (Fsp3) is 0.679. The number of Topliss-reactive ketones (excluding diaryl/α,β-unsaturated/α-hetero) is 2. The van der Waals surface area contributed by atoms with Crippen LogP contribution >= 0.6 is 0 Å². The Morgan fingerprint density at radius 1 is 1.03 bits per heavy atom. The predicted molar refractivity (Wildman–Crippen MR) is 145 cm³/mol. The van der Waals surface area contributed by atoms with Gasteiger partial charge in [-0.25, -0.2) is 0 Å². The Kier molecular flexibility index (Phi) is 10.4. The maximum absolute atomic E-state index is 12.9. The van der Waals surface area contributed by atoms with Gasteiger partial charge in [0.2, 0.25) is 5.91 Å². The predicted octanol–water partition coefficient (Wildman–Crippen LogP) is 4.99. The number of rotatable bonds is 13. The standard InChI is InChI=1S/C28H46N2O4Si/c1-21(31)22-9-11-23(12-10-22)25(32)28(34)16-13-24(14-17-28)26(33)30-19-8-20-35(5,6)27(2,3)15-7-18-29-4/h9-12,24,29,34H,7-8,13-20H2,1-6H3,(H,30,33). The fourth-order valence-corrected chi connectivity index (χ4v) is 7.57. The molecule has 0 unspecified atom stereocenters. The molecule has 0 bridgehead atoms. The number of amides is 1. The molecule has 1 saturated carbocycles. The second-order valence-electron chi connectivity index (χ2n) is 11.6. The molecular formula is C28H46N2O4Si. The summed E-state index contributed by atoms with van der Waals surface area (Å²) in [7, 11) is 0.564. The molecule has 1 aliphatic carbocycles. The number of benzene rings is 1. The van der Waals surface area contributed by atoms with Gasteiger partial charge in [0.25, 0.3) is 0 Å². The van der Waals surface area contributed by atoms with Gasteiger partial charge in [-0.1, -0.05) is 57.3 Å². The summed E-state index contributed by atoms with van der Waals surface area (Å²) in [5.74, 6) is -0.506. The second-order valence-corrected chi connectivity index (χ2v) is 17.3. The third-order valence-electron chi connectivity index (χ3n) is 8.50. The summed E-state index contributed by atoms with van der Waals surface area (Å²) >= 11 is 0. The molecular weight excluding hydrogens is 456 g/mol. The van der Waals surface area contributed by atoms with E-state index >= 15 is 0 Å². The summed E-state index contributed by atoms with van der Waals surface area (Å²) in [6.07, 6.45) is 4.96. The van der Waals surface area contributed by atoms with Gasteiger partial charge in [-0.05, 0) is 70.5 Å². The zero-order chi connectivity index (χ0) is 26.3. The Labute approximate surface area is 212 Å². The van der Waals surface area contributed by atoms with Crippen molar-refractivity contribution in [1.82, 2.24) is 10.6 Å². The van der Waals surface area contributed by atoms with Gasteiger partial charge >= 0.3 is 0 Å². The van der Waals surface area contributed by atoms with Crippen LogP contribution in [0.25, 0.3) is 0 Å². The smallest absolute Gasteiger partial charge is 0.223 e. The summed E-state index contributed by atoms with van der Waals surface area (Å²) in [4.78, 5) is 37.1. The molecule has 0 saturated heterocycles. The lowest BCUT2D eigenvalue weighted by Crippen LogP contribution is -2.45. The highest BCUT2D eigenvalue weighted by atomic mass is 28.3. The Morgan fingerprint density at radius 3 is 2.14 bits per heavy atom. The highest BCUT2D eigenvalue weighted by Gasteiger charge is 2.42. The van der Waals surface area contributed by atoms with Crippen molar-refractivity contribution in [3.8, 4) is 0 Å². The maximum atomic E-state index is 12.9. The number of carbonyl (C=O) groups is 3. The van der Waals surface area contributed by atoms with Crippen LogP contribution < -0.4 is 10.6 Å². The van der Waals surface area contributed by atoms with Crippen molar-refractivity contribution >= 4 is 25.5 Å². The fourth-order valence-electron chi connectivity index (χ4n) is 4.98. The molecule has 2 rings (SSSR count). The largest absolute Gasteiger partial charge is 0.382 e. The summed E-state index contributed by atoms with van der Waals surface area (Å²) in [6.45, 7) is 12.9. The van der Waals surface area contributed by atoms with E-state index in [0.29, 0.717) is 35.6 Å². The Balaban J connectivity index is 1.79. The van der Waals surface area contributed by atoms with Gasteiger partial charge in [0, 0.05) is 23.6 Å². The van der Waals surface area contributed by atoms with Crippen molar-refractivity contribution in [2.45, 2.75) is 95.5 Å². The summed E-state index contributed by atoms with van der Waals surface area (Å²) < 4.78 is 0. The molecule has 0 heterocycles. The molecule has 196 valence electrons. The van der Waals surface area contributed by atoms with E-state index < -0.39 is 13.7 Å². The highest BCUT2D eigenvalue weighted by Crippen LogP contribution is 2.44. The minimum atomic E-state index is -1.44. The van der Waals surface area contributed by atoms with Crippen LogP contribution in [-0.2, 0) is 4.79 Å². The van der Waals surface area contributed by atoms with Crippen molar-refractivity contribution in [2.24, 2.45) is 5.92 Å². The molecule has 7 heteroatoms. The second kappa shape index (κ2) is 12.4. The van der Waals surface area contributed by atoms with Crippen LogP contribution in [0.3, 0.4) is 0 Å². The van der Waals surface area contributed by atoms with Crippen LogP contribution in [0.4, 0.5) is 0 Å². The van der Waals surface area contributed by atoms with Gasteiger partial charge in [-0.3, -0.25) is 14.4 Å². The first-order valence-corrected chi connectivity index (χ1v) is 16.3. The van der Waals surface area contributed by atoms with E-state index in [1.807, 2.05) is 7.05 Å². The number of ketones is 2. The lowest BCUT2D eigenvalue weighted by molar-refractivity contribution is -0.127. The van der Waals surface area contributed by atoms with Gasteiger partial charge in [-0.15, -0.1) is 0 Å². The average molecular weight is 503 g/mol. The zero-order valence-electron chi connectivity index (χ0n) is 22.6. The highest BCUT2D eigenvalue weighted by molar-refractivity contribution is 6.80. The third kappa shape index (κ3) is 7.82. The molecule has 0 atom stereocenters. The zero-order valence-corrected chi connectivity index (χ0v) is 23.6. The third-order valence-corrected chi connectivity index (χ3v) is 14.0. The first-order valence-electron chi connectivity index (χ1n) is 13.1. The van der Waals surface area contributed by atoms with E-state index in [1.54, 1.807) is 24.3 Å².